The van der Waals surface area contributed by atoms with E-state index in [9.17, 15) is 18.0 Å². The molecule has 0 aliphatic carbocycles. The maximum Gasteiger partial charge on any atom is 0.416 e. The molecule has 0 atom stereocenters. The van der Waals surface area contributed by atoms with Crippen LogP contribution in [0.25, 0.3) is 0 Å². The van der Waals surface area contributed by atoms with Crippen LogP contribution in [-0.2, 0) is 6.18 Å². The number of alkyl halides is 3. The summed E-state index contributed by atoms with van der Waals surface area (Å²) in [5, 5.41) is 2.44. The number of nitrogens with one attached hydrogen (secondary N) is 1. The van der Waals surface area contributed by atoms with Crippen molar-refractivity contribution < 1.29 is 18.0 Å². The fraction of sp³-hybridized carbons (Fsp3) is 0.143. The lowest BCUT2D eigenvalue weighted by molar-refractivity contribution is -0.137. The van der Waals surface area contributed by atoms with Crippen LogP contribution in [0.5, 0.6) is 0 Å². The van der Waals surface area contributed by atoms with Gasteiger partial charge in [-0.1, -0.05) is 6.07 Å². The van der Waals surface area contributed by atoms with Gasteiger partial charge in [0, 0.05) is 16.4 Å². The van der Waals surface area contributed by atoms with Crippen LogP contribution in [0, 0.1) is 6.92 Å². The number of pyridine rings is 1. The molecule has 1 aromatic carbocycles. The number of hydrogen-bond acceptors (Lipinski definition) is 2. The van der Waals surface area contributed by atoms with E-state index in [0.29, 0.717) is 10.0 Å². The van der Waals surface area contributed by atoms with Gasteiger partial charge in [0.15, 0.2) is 0 Å². The first-order chi connectivity index (χ1) is 9.77. The van der Waals surface area contributed by atoms with Crippen LogP contribution in [0.4, 0.5) is 18.9 Å². The molecule has 2 aromatic rings. The van der Waals surface area contributed by atoms with Crippen LogP contribution in [0.15, 0.2) is 41.0 Å². The van der Waals surface area contributed by atoms with Crippen molar-refractivity contribution in [3.05, 3.63) is 57.8 Å². The number of amides is 1. The summed E-state index contributed by atoms with van der Waals surface area (Å²) in [4.78, 5) is 15.9. The van der Waals surface area contributed by atoms with Gasteiger partial charge in [-0.3, -0.25) is 4.79 Å². The highest BCUT2D eigenvalue weighted by Gasteiger charge is 2.31. The highest BCUT2D eigenvalue weighted by atomic mass is 79.9. The molecule has 110 valence electrons. The molecule has 1 amide bonds. The van der Waals surface area contributed by atoms with Gasteiger partial charge >= 0.3 is 6.18 Å². The Bertz CT molecular complexity index is 669. The number of aryl methyl sites for hydroxylation is 1. The first kappa shape index (κ1) is 15.5. The van der Waals surface area contributed by atoms with Crippen LogP contribution in [-0.4, -0.2) is 10.9 Å². The minimum Gasteiger partial charge on any atom is -0.320 e. The Morgan fingerprint density at radius 1 is 1.24 bits per heavy atom. The van der Waals surface area contributed by atoms with E-state index in [2.05, 4.69) is 26.2 Å². The van der Waals surface area contributed by atoms with E-state index in [4.69, 9.17) is 0 Å². The van der Waals surface area contributed by atoms with Gasteiger partial charge in [0.25, 0.3) is 5.91 Å². The highest BCUT2D eigenvalue weighted by molar-refractivity contribution is 9.10. The van der Waals surface area contributed by atoms with Gasteiger partial charge in [-0.05, 0) is 52.7 Å². The van der Waals surface area contributed by atoms with Crippen LogP contribution in [0.2, 0.25) is 0 Å². The van der Waals surface area contributed by atoms with Crippen molar-refractivity contribution >= 4 is 27.5 Å². The molecule has 0 saturated heterocycles. The number of hydrogen-bond donors (Lipinski definition) is 1. The zero-order valence-corrected chi connectivity index (χ0v) is 12.4. The van der Waals surface area contributed by atoms with E-state index in [1.807, 2.05) is 0 Å². The van der Waals surface area contributed by atoms with Gasteiger partial charge in [0.2, 0.25) is 0 Å². The maximum atomic E-state index is 12.7. The lowest BCUT2D eigenvalue weighted by Crippen LogP contribution is -2.15. The van der Waals surface area contributed by atoms with E-state index < -0.39 is 17.6 Å². The number of benzene rings is 1. The Kier molecular flexibility index (Phi) is 4.32. The van der Waals surface area contributed by atoms with E-state index in [0.717, 1.165) is 12.1 Å². The first-order valence-electron chi connectivity index (χ1n) is 5.88. The smallest absolute Gasteiger partial charge is 0.320 e. The molecule has 0 unspecified atom stereocenters. The predicted octanol–water partition coefficient (Wildman–Crippen LogP) is 4.42. The van der Waals surface area contributed by atoms with Crippen molar-refractivity contribution in [3.63, 3.8) is 0 Å². The Morgan fingerprint density at radius 2 is 1.95 bits per heavy atom. The topological polar surface area (TPSA) is 42.0 Å². The second kappa shape index (κ2) is 5.85. The van der Waals surface area contributed by atoms with Crippen molar-refractivity contribution in [1.82, 2.24) is 4.98 Å². The molecule has 0 aliphatic heterocycles. The Labute approximate surface area is 127 Å². The third-order valence-electron chi connectivity index (χ3n) is 2.77. The Hall–Kier alpha value is -1.89. The summed E-state index contributed by atoms with van der Waals surface area (Å²) < 4.78 is 38.7. The van der Waals surface area contributed by atoms with Gasteiger partial charge < -0.3 is 5.32 Å². The lowest BCUT2D eigenvalue weighted by atomic mass is 10.1. The van der Waals surface area contributed by atoms with Crippen molar-refractivity contribution in [2.45, 2.75) is 13.1 Å². The number of nitrogens with zero attached hydrogens (tertiary/aromatic N) is 1. The van der Waals surface area contributed by atoms with E-state index in [-0.39, 0.29) is 11.4 Å². The fourth-order valence-corrected chi connectivity index (χ4v) is 1.86. The molecule has 7 heteroatoms. The summed E-state index contributed by atoms with van der Waals surface area (Å²) in [6, 6.07) is 6.30. The van der Waals surface area contributed by atoms with Gasteiger partial charge in [0.1, 0.15) is 5.69 Å². The third-order valence-corrected chi connectivity index (χ3v) is 3.24. The molecule has 0 bridgehead atoms. The van der Waals surface area contributed by atoms with Crippen molar-refractivity contribution in [3.8, 4) is 0 Å². The number of halogens is 4. The average molecular weight is 359 g/mol. The Balaban J connectivity index is 2.26. The molecule has 0 fully saturated rings. The molecule has 1 heterocycles. The number of carbonyl (C=O) groups excluding carboxylic acids is 1. The van der Waals surface area contributed by atoms with Crippen LogP contribution >= 0.6 is 15.9 Å². The summed E-state index contributed by atoms with van der Waals surface area (Å²) >= 11 is 3.19. The summed E-state index contributed by atoms with van der Waals surface area (Å²) in [6.45, 7) is 1.62. The van der Waals surface area contributed by atoms with Crippen molar-refractivity contribution in [1.29, 1.82) is 0 Å². The first-order valence-corrected chi connectivity index (χ1v) is 6.67. The average Bonchev–Trinajstić information content (AvgIpc) is 2.40. The minimum atomic E-state index is -4.46. The van der Waals surface area contributed by atoms with Crippen molar-refractivity contribution in [2.24, 2.45) is 0 Å². The lowest BCUT2D eigenvalue weighted by Gasteiger charge is -2.12. The molecule has 1 aromatic heterocycles. The van der Waals surface area contributed by atoms with E-state index >= 15 is 0 Å². The van der Waals surface area contributed by atoms with Gasteiger partial charge in [0.05, 0.1) is 5.56 Å². The van der Waals surface area contributed by atoms with Crippen molar-refractivity contribution in [2.75, 3.05) is 5.32 Å². The van der Waals surface area contributed by atoms with Gasteiger partial charge in [-0.25, -0.2) is 4.98 Å². The van der Waals surface area contributed by atoms with Gasteiger partial charge in [-0.2, -0.15) is 13.2 Å². The largest absolute Gasteiger partial charge is 0.416 e. The molecular formula is C14H10BrF3N2O. The molecule has 1 N–H and O–H groups in total. The van der Waals surface area contributed by atoms with Crippen LogP contribution in [0.3, 0.4) is 0 Å². The zero-order chi connectivity index (χ0) is 15.6. The third kappa shape index (κ3) is 3.81. The quantitative estimate of drug-likeness (QED) is 0.862. The summed E-state index contributed by atoms with van der Waals surface area (Å²) in [6.07, 6.45) is -3.02. The fourth-order valence-electron chi connectivity index (χ4n) is 1.63. The second-order valence-electron chi connectivity index (χ2n) is 4.34. The SMILES string of the molecule is Cc1ccc(C(F)(F)F)cc1NC(=O)c1ccc(Br)cn1. The summed E-state index contributed by atoms with van der Waals surface area (Å²) in [5.41, 5.74) is -0.0461. The summed E-state index contributed by atoms with van der Waals surface area (Å²) in [7, 11) is 0. The van der Waals surface area contributed by atoms with E-state index in [1.165, 1.54) is 18.3 Å². The number of aromatic nitrogens is 1. The van der Waals surface area contributed by atoms with Crippen LogP contribution < -0.4 is 5.32 Å². The zero-order valence-electron chi connectivity index (χ0n) is 10.8. The molecule has 21 heavy (non-hydrogen) atoms. The minimum absolute atomic E-state index is 0.111. The predicted molar refractivity (Wildman–Crippen MR) is 76.1 cm³/mol. The summed E-state index contributed by atoms with van der Waals surface area (Å²) in [5.74, 6) is -0.565. The maximum absolute atomic E-state index is 12.7. The second-order valence-corrected chi connectivity index (χ2v) is 5.26. The molecule has 3 nitrogen and oxygen atoms in total. The molecular weight excluding hydrogens is 349 g/mol. The molecule has 0 radical (unpaired) electrons. The molecule has 0 spiro atoms. The molecule has 2 rings (SSSR count). The van der Waals surface area contributed by atoms with E-state index in [1.54, 1.807) is 13.0 Å². The molecule has 0 saturated carbocycles. The number of anilines is 1. The highest BCUT2D eigenvalue weighted by Crippen LogP contribution is 2.32. The normalized spacial score (nSPS) is 11.3. The van der Waals surface area contributed by atoms with Crippen LogP contribution in [0.1, 0.15) is 21.6 Å². The molecule has 0 aliphatic rings. The van der Waals surface area contributed by atoms with Gasteiger partial charge in [-0.15, -0.1) is 0 Å². The monoisotopic (exact) mass is 358 g/mol. The number of carbonyl (C=O) groups is 1. The Morgan fingerprint density at radius 3 is 2.52 bits per heavy atom. The standard InChI is InChI=1S/C14H10BrF3N2O/c1-8-2-3-9(14(16,17)18)6-12(8)20-13(21)11-5-4-10(15)7-19-11/h2-7H,1H3,(H,20,21). The number of rotatable bonds is 2.